The highest BCUT2D eigenvalue weighted by molar-refractivity contribution is 7.99. The third-order valence-corrected chi connectivity index (χ3v) is 5.91. The lowest BCUT2D eigenvalue weighted by Gasteiger charge is -2.22. The number of carbonyl (C=O) groups is 1. The summed E-state index contributed by atoms with van der Waals surface area (Å²) in [6.45, 7) is 2.22. The molecule has 2 heterocycles. The van der Waals surface area contributed by atoms with Crippen LogP contribution in [0, 0.1) is 0 Å². The minimum Gasteiger partial charge on any atom is -0.416 e. The van der Waals surface area contributed by atoms with Gasteiger partial charge in [0.2, 0.25) is 11.8 Å². The molecule has 1 fully saturated rings. The summed E-state index contributed by atoms with van der Waals surface area (Å²) >= 11 is 1.25. The first kappa shape index (κ1) is 20.5. The molecule has 6 nitrogen and oxygen atoms in total. The van der Waals surface area contributed by atoms with E-state index in [-0.39, 0.29) is 11.7 Å². The molecule has 1 aliphatic rings. The number of thioether (sulfide) groups is 1. The Balaban J connectivity index is 1.25. The Morgan fingerprint density at radius 2 is 1.70 bits per heavy atom. The normalized spacial score (nSPS) is 14.3. The molecular formula is C23H26N4O2S. The Labute approximate surface area is 181 Å². The van der Waals surface area contributed by atoms with Gasteiger partial charge in [-0.3, -0.25) is 4.79 Å². The molecule has 4 rings (SSSR count). The number of benzene rings is 2. The number of anilines is 2. The summed E-state index contributed by atoms with van der Waals surface area (Å²) in [5, 5.41) is 11.4. The van der Waals surface area contributed by atoms with Gasteiger partial charge in [-0.25, -0.2) is 0 Å². The van der Waals surface area contributed by atoms with Crippen LogP contribution >= 0.6 is 11.8 Å². The van der Waals surface area contributed by atoms with E-state index in [0.717, 1.165) is 24.3 Å². The molecule has 0 spiro atoms. The first-order chi connectivity index (χ1) is 14.8. The quantitative estimate of drug-likeness (QED) is 0.553. The van der Waals surface area contributed by atoms with Crippen molar-refractivity contribution in [1.82, 2.24) is 10.2 Å². The van der Waals surface area contributed by atoms with E-state index < -0.39 is 0 Å². The van der Waals surface area contributed by atoms with E-state index in [1.807, 2.05) is 42.5 Å². The van der Waals surface area contributed by atoms with Crippen LogP contribution in [-0.2, 0) is 11.2 Å². The number of rotatable bonds is 7. The van der Waals surface area contributed by atoms with Crippen molar-refractivity contribution in [2.45, 2.75) is 37.3 Å². The molecule has 2 aromatic carbocycles. The van der Waals surface area contributed by atoms with Gasteiger partial charge in [0.1, 0.15) is 0 Å². The van der Waals surface area contributed by atoms with Crippen LogP contribution in [0.2, 0.25) is 0 Å². The van der Waals surface area contributed by atoms with Gasteiger partial charge in [-0.2, -0.15) is 0 Å². The molecule has 1 amide bonds. The van der Waals surface area contributed by atoms with Crippen molar-refractivity contribution in [3.05, 3.63) is 66.1 Å². The van der Waals surface area contributed by atoms with Crippen molar-refractivity contribution in [1.29, 1.82) is 0 Å². The molecule has 0 radical (unpaired) electrons. The molecule has 0 bridgehead atoms. The molecule has 1 aromatic heterocycles. The second kappa shape index (κ2) is 10.3. The van der Waals surface area contributed by atoms with Crippen LogP contribution in [0.15, 0.2) is 64.2 Å². The SMILES string of the molecule is O=C(CSc1nnc(Cc2ccccc2)o1)Nc1ccc(N2CCCCCC2)cc1. The predicted octanol–water partition coefficient (Wildman–Crippen LogP) is 4.77. The second-order valence-electron chi connectivity index (χ2n) is 7.41. The number of nitrogens with one attached hydrogen (secondary N) is 1. The standard InChI is InChI=1S/C23H26N4O2S/c28-21(17-30-23-26-25-22(29-23)16-18-8-4-3-5-9-18)24-19-10-12-20(13-11-19)27-14-6-1-2-7-15-27/h3-5,8-13H,1-2,6-7,14-17H2,(H,24,28). The van der Waals surface area contributed by atoms with E-state index in [1.165, 1.54) is 43.1 Å². The van der Waals surface area contributed by atoms with Gasteiger partial charge in [-0.1, -0.05) is 54.9 Å². The third-order valence-electron chi connectivity index (χ3n) is 5.10. The zero-order valence-corrected chi connectivity index (χ0v) is 17.7. The number of nitrogens with zero attached hydrogens (tertiary/aromatic N) is 3. The summed E-state index contributed by atoms with van der Waals surface area (Å²) in [6, 6.07) is 18.1. The van der Waals surface area contributed by atoms with Gasteiger partial charge in [0.15, 0.2) is 0 Å². The molecule has 1 saturated heterocycles. The lowest BCUT2D eigenvalue weighted by atomic mass is 10.2. The maximum absolute atomic E-state index is 12.3. The van der Waals surface area contributed by atoms with Gasteiger partial charge >= 0.3 is 0 Å². The minimum atomic E-state index is -0.0923. The molecule has 0 unspecified atom stereocenters. The highest BCUT2D eigenvalue weighted by Gasteiger charge is 2.12. The topological polar surface area (TPSA) is 71.3 Å². The number of amides is 1. The summed E-state index contributed by atoms with van der Waals surface area (Å²) in [5.74, 6) is 0.680. The predicted molar refractivity (Wildman–Crippen MR) is 120 cm³/mol. The van der Waals surface area contributed by atoms with E-state index in [0.29, 0.717) is 17.5 Å². The van der Waals surface area contributed by atoms with Crippen molar-refractivity contribution in [2.75, 3.05) is 29.1 Å². The zero-order chi connectivity index (χ0) is 20.6. The summed E-state index contributed by atoms with van der Waals surface area (Å²) in [6.07, 6.45) is 5.72. The zero-order valence-electron chi connectivity index (χ0n) is 16.9. The number of aromatic nitrogens is 2. The van der Waals surface area contributed by atoms with Gasteiger partial charge in [-0.15, -0.1) is 10.2 Å². The first-order valence-electron chi connectivity index (χ1n) is 10.4. The fourth-order valence-electron chi connectivity index (χ4n) is 3.55. The molecule has 3 aromatic rings. The second-order valence-corrected chi connectivity index (χ2v) is 8.34. The average Bonchev–Trinajstić information content (AvgIpc) is 3.04. The Morgan fingerprint density at radius 3 is 2.43 bits per heavy atom. The highest BCUT2D eigenvalue weighted by Crippen LogP contribution is 2.22. The van der Waals surface area contributed by atoms with Crippen LogP contribution in [0.5, 0.6) is 0 Å². The molecule has 156 valence electrons. The summed E-state index contributed by atoms with van der Waals surface area (Å²) in [5.41, 5.74) is 3.13. The fraction of sp³-hybridized carbons (Fsp3) is 0.348. The van der Waals surface area contributed by atoms with Crippen LogP contribution < -0.4 is 10.2 Å². The number of carbonyl (C=O) groups excluding carboxylic acids is 1. The van der Waals surface area contributed by atoms with Crippen molar-refractivity contribution in [3.63, 3.8) is 0 Å². The Bertz CT molecular complexity index is 935. The molecule has 1 aliphatic heterocycles. The van der Waals surface area contributed by atoms with E-state index >= 15 is 0 Å². The van der Waals surface area contributed by atoms with Gasteiger partial charge in [-0.05, 0) is 42.7 Å². The van der Waals surface area contributed by atoms with E-state index in [1.54, 1.807) is 0 Å². The van der Waals surface area contributed by atoms with Crippen molar-refractivity contribution >= 4 is 29.0 Å². The molecule has 7 heteroatoms. The fourth-order valence-corrected chi connectivity index (χ4v) is 4.13. The highest BCUT2D eigenvalue weighted by atomic mass is 32.2. The maximum Gasteiger partial charge on any atom is 0.277 e. The van der Waals surface area contributed by atoms with Crippen molar-refractivity contribution in [2.24, 2.45) is 0 Å². The summed E-state index contributed by atoms with van der Waals surface area (Å²) in [4.78, 5) is 14.7. The van der Waals surface area contributed by atoms with E-state index in [2.05, 4.69) is 32.5 Å². The minimum absolute atomic E-state index is 0.0923. The third kappa shape index (κ3) is 5.86. The Morgan fingerprint density at radius 1 is 0.967 bits per heavy atom. The first-order valence-corrected chi connectivity index (χ1v) is 11.4. The van der Waals surface area contributed by atoms with Gasteiger partial charge in [0, 0.05) is 24.5 Å². The van der Waals surface area contributed by atoms with Gasteiger partial charge < -0.3 is 14.6 Å². The van der Waals surface area contributed by atoms with Gasteiger partial charge in [0.05, 0.1) is 12.2 Å². The van der Waals surface area contributed by atoms with Crippen LogP contribution in [-0.4, -0.2) is 34.9 Å². The van der Waals surface area contributed by atoms with E-state index in [9.17, 15) is 4.79 Å². The molecule has 0 saturated carbocycles. The van der Waals surface area contributed by atoms with Crippen molar-refractivity contribution in [3.8, 4) is 0 Å². The van der Waals surface area contributed by atoms with Crippen molar-refractivity contribution < 1.29 is 9.21 Å². The Hall–Kier alpha value is -2.80. The summed E-state index contributed by atoms with van der Waals surface area (Å²) in [7, 11) is 0. The molecule has 1 N–H and O–H groups in total. The molecule has 0 atom stereocenters. The van der Waals surface area contributed by atoms with Crippen LogP contribution in [0.4, 0.5) is 11.4 Å². The van der Waals surface area contributed by atoms with E-state index in [4.69, 9.17) is 4.42 Å². The van der Waals surface area contributed by atoms with Crippen LogP contribution in [0.25, 0.3) is 0 Å². The monoisotopic (exact) mass is 422 g/mol. The summed E-state index contributed by atoms with van der Waals surface area (Å²) < 4.78 is 5.64. The number of hydrogen-bond donors (Lipinski definition) is 1. The molecular weight excluding hydrogens is 396 g/mol. The van der Waals surface area contributed by atoms with Crippen LogP contribution in [0.1, 0.15) is 37.1 Å². The van der Waals surface area contributed by atoms with Crippen LogP contribution in [0.3, 0.4) is 0 Å². The largest absolute Gasteiger partial charge is 0.416 e. The lowest BCUT2D eigenvalue weighted by molar-refractivity contribution is -0.113. The molecule has 30 heavy (non-hydrogen) atoms. The smallest absolute Gasteiger partial charge is 0.277 e. The van der Waals surface area contributed by atoms with Gasteiger partial charge in [0.25, 0.3) is 5.22 Å². The number of hydrogen-bond acceptors (Lipinski definition) is 6. The maximum atomic E-state index is 12.3. The average molecular weight is 423 g/mol. The molecule has 0 aliphatic carbocycles. The Kier molecular flexibility index (Phi) is 7.03. The lowest BCUT2D eigenvalue weighted by Crippen LogP contribution is -2.23.